The Morgan fingerprint density at radius 1 is 1.06 bits per heavy atom. The van der Waals surface area contributed by atoms with E-state index in [9.17, 15) is 9.90 Å². The topological polar surface area (TPSA) is 130 Å². The van der Waals surface area contributed by atoms with E-state index in [1.807, 2.05) is 60.7 Å². The predicted octanol–water partition coefficient (Wildman–Crippen LogP) is 3.55. The summed E-state index contributed by atoms with van der Waals surface area (Å²) in [6.07, 6.45) is 1.74. The Kier molecular flexibility index (Phi) is 5.50. The summed E-state index contributed by atoms with van der Waals surface area (Å²) in [6, 6.07) is 20.3. The van der Waals surface area contributed by atoms with Gasteiger partial charge in [0.1, 0.15) is 12.1 Å². The number of nitrogens with zero attached hydrogens (tertiary/aromatic N) is 4. The molecule has 33 heavy (non-hydrogen) atoms. The first-order valence-corrected chi connectivity index (χ1v) is 10.4. The Morgan fingerprint density at radius 2 is 1.88 bits per heavy atom. The summed E-state index contributed by atoms with van der Waals surface area (Å²) in [5, 5.41) is 26.0. The Balaban J connectivity index is 1.39. The fraction of sp³-hybridized carbons (Fsp3) is 0.125. The molecule has 9 heteroatoms. The molecular formula is C24H20N6O3. The van der Waals surface area contributed by atoms with E-state index >= 15 is 0 Å². The minimum absolute atomic E-state index is 0.122. The first-order chi connectivity index (χ1) is 16.2. The van der Waals surface area contributed by atoms with E-state index in [-0.39, 0.29) is 30.3 Å². The van der Waals surface area contributed by atoms with E-state index in [1.54, 1.807) is 6.07 Å². The molecule has 5 aromatic rings. The molecule has 2 heterocycles. The van der Waals surface area contributed by atoms with Gasteiger partial charge < -0.3 is 14.9 Å². The highest BCUT2D eigenvalue weighted by molar-refractivity contribution is 5.89. The van der Waals surface area contributed by atoms with E-state index in [0.29, 0.717) is 17.3 Å². The molecule has 0 bridgehead atoms. The van der Waals surface area contributed by atoms with Gasteiger partial charge in [0.05, 0.1) is 6.04 Å². The Morgan fingerprint density at radius 3 is 2.70 bits per heavy atom. The lowest BCUT2D eigenvalue weighted by Crippen LogP contribution is -2.29. The van der Waals surface area contributed by atoms with Crippen LogP contribution < -0.4 is 5.32 Å². The minimum Gasteiger partial charge on any atom is -0.508 e. The molecular weight excluding hydrogens is 420 g/mol. The number of carbonyl (C=O) groups is 1. The molecule has 3 N–H and O–H groups in total. The first-order valence-electron chi connectivity index (χ1n) is 10.4. The summed E-state index contributed by atoms with van der Waals surface area (Å²) in [7, 11) is 0. The van der Waals surface area contributed by atoms with Crippen LogP contribution in [-0.4, -0.2) is 36.3 Å². The molecule has 1 amide bonds. The lowest BCUT2D eigenvalue weighted by molar-refractivity contribution is -0.121. The molecule has 0 aliphatic rings. The number of fused-ring (bicyclic) bond motifs is 1. The number of carbonyl (C=O) groups excluding carboxylic acids is 1. The van der Waals surface area contributed by atoms with Gasteiger partial charge in [0.15, 0.2) is 5.82 Å². The molecule has 0 spiro atoms. The van der Waals surface area contributed by atoms with Gasteiger partial charge in [-0.25, -0.2) is 4.98 Å². The van der Waals surface area contributed by atoms with Crippen molar-refractivity contribution in [3.63, 3.8) is 0 Å². The lowest BCUT2D eigenvalue weighted by atomic mass is 9.92. The van der Waals surface area contributed by atoms with Gasteiger partial charge in [-0.3, -0.25) is 9.89 Å². The summed E-state index contributed by atoms with van der Waals surface area (Å²) in [6.45, 7) is 0. The zero-order chi connectivity index (χ0) is 22.6. The molecule has 0 saturated heterocycles. The second-order valence-corrected chi connectivity index (χ2v) is 7.48. The van der Waals surface area contributed by atoms with Gasteiger partial charge >= 0.3 is 0 Å². The van der Waals surface area contributed by atoms with Crippen molar-refractivity contribution in [2.24, 2.45) is 0 Å². The number of phenolic OH excluding ortho intramolecular Hbond substituents is 1. The largest absolute Gasteiger partial charge is 0.508 e. The van der Waals surface area contributed by atoms with Gasteiger partial charge in [0, 0.05) is 18.4 Å². The van der Waals surface area contributed by atoms with Crippen molar-refractivity contribution in [1.29, 1.82) is 0 Å². The summed E-state index contributed by atoms with van der Waals surface area (Å²) >= 11 is 0. The maximum atomic E-state index is 12.9. The number of hydrogen-bond donors (Lipinski definition) is 3. The average molecular weight is 440 g/mol. The molecule has 3 aromatic carbocycles. The van der Waals surface area contributed by atoms with Crippen LogP contribution >= 0.6 is 0 Å². The van der Waals surface area contributed by atoms with Crippen LogP contribution in [0.15, 0.2) is 77.6 Å². The highest BCUT2D eigenvalue weighted by Gasteiger charge is 2.23. The zero-order valence-corrected chi connectivity index (χ0v) is 17.5. The molecule has 0 radical (unpaired) electrons. The average Bonchev–Trinajstić information content (AvgIpc) is 3.54. The highest BCUT2D eigenvalue weighted by atomic mass is 16.5. The summed E-state index contributed by atoms with van der Waals surface area (Å²) in [5.74, 6) is 0.906. The lowest BCUT2D eigenvalue weighted by Gasteiger charge is -2.22. The molecule has 9 nitrogen and oxygen atoms in total. The standard InChI is InChI=1S/C24H20N6O3/c31-18-11-10-15-6-4-5-9-17(15)21(18)22(16-7-2-1-3-8-16)27-19(32)12-13-20-28-24(30-33-20)23-25-14-26-29-23/h1-11,14,22,31H,12-13H2,(H,27,32)(H,25,26,29). The van der Waals surface area contributed by atoms with Crippen LogP contribution in [0.25, 0.3) is 22.4 Å². The van der Waals surface area contributed by atoms with Gasteiger partial charge in [-0.2, -0.15) is 10.1 Å². The molecule has 0 aliphatic heterocycles. The normalized spacial score (nSPS) is 12.0. The van der Waals surface area contributed by atoms with E-state index in [4.69, 9.17) is 4.52 Å². The van der Waals surface area contributed by atoms with Crippen molar-refractivity contribution in [3.8, 4) is 17.4 Å². The molecule has 2 aromatic heterocycles. The zero-order valence-electron chi connectivity index (χ0n) is 17.5. The van der Waals surface area contributed by atoms with Crippen molar-refractivity contribution in [1.82, 2.24) is 30.6 Å². The SMILES string of the molecule is O=C(CCc1nc(-c2ncn[nH]2)no1)NC(c1ccccc1)c1c(O)ccc2ccccc12. The van der Waals surface area contributed by atoms with Crippen molar-refractivity contribution >= 4 is 16.7 Å². The number of benzene rings is 3. The van der Waals surface area contributed by atoms with Gasteiger partial charge in [-0.15, -0.1) is 0 Å². The Hall–Kier alpha value is -4.53. The maximum Gasteiger partial charge on any atom is 0.239 e. The molecule has 0 saturated carbocycles. The number of aryl methyl sites for hydroxylation is 1. The first kappa shape index (κ1) is 20.4. The highest BCUT2D eigenvalue weighted by Crippen LogP contribution is 2.35. The quantitative estimate of drug-likeness (QED) is 0.353. The van der Waals surface area contributed by atoms with Crippen molar-refractivity contribution < 1.29 is 14.4 Å². The van der Waals surface area contributed by atoms with Crippen LogP contribution in [0.1, 0.15) is 29.5 Å². The third kappa shape index (κ3) is 4.29. The Labute approximate surface area is 188 Å². The minimum atomic E-state index is -0.530. The fourth-order valence-electron chi connectivity index (χ4n) is 3.77. The summed E-state index contributed by atoms with van der Waals surface area (Å²) in [4.78, 5) is 21.2. The van der Waals surface area contributed by atoms with Gasteiger partial charge in [0.25, 0.3) is 0 Å². The van der Waals surface area contributed by atoms with Crippen LogP contribution in [0.4, 0.5) is 0 Å². The number of phenols is 1. The number of hydrogen-bond acceptors (Lipinski definition) is 7. The number of nitrogens with one attached hydrogen (secondary N) is 2. The third-order valence-electron chi connectivity index (χ3n) is 5.34. The monoisotopic (exact) mass is 440 g/mol. The van der Waals surface area contributed by atoms with Gasteiger partial charge in [0.2, 0.25) is 17.6 Å². The molecule has 0 fully saturated rings. The third-order valence-corrected chi connectivity index (χ3v) is 5.34. The van der Waals surface area contributed by atoms with Crippen molar-refractivity contribution in [2.75, 3.05) is 0 Å². The van der Waals surface area contributed by atoms with E-state index in [1.165, 1.54) is 6.33 Å². The second-order valence-electron chi connectivity index (χ2n) is 7.48. The Bertz CT molecular complexity index is 1380. The molecule has 0 aliphatic carbocycles. The van der Waals surface area contributed by atoms with E-state index < -0.39 is 6.04 Å². The summed E-state index contributed by atoms with van der Waals surface area (Å²) in [5.41, 5.74) is 1.51. The number of rotatable bonds is 7. The van der Waals surface area contributed by atoms with Crippen LogP contribution in [-0.2, 0) is 11.2 Å². The van der Waals surface area contributed by atoms with Crippen molar-refractivity contribution in [2.45, 2.75) is 18.9 Å². The van der Waals surface area contributed by atoms with Crippen LogP contribution in [0.5, 0.6) is 5.75 Å². The number of aromatic nitrogens is 5. The number of H-pyrrole nitrogens is 1. The predicted molar refractivity (Wildman–Crippen MR) is 120 cm³/mol. The smallest absolute Gasteiger partial charge is 0.239 e. The molecule has 1 unspecified atom stereocenters. The van der Waals surface area contributed by atoms with Gasteiger partial charge in [-0.05, 0) is 22.4 Å². The van der Waals surface area contributed by atoms with Crippen LogP contribution in [0, 0.1) is 0 Å². The summed E-state index contributed by atoms with van der Waals surface area (Å²) < 4.78 is 5.22. The fourth-order valence-corrected chi connectivity index (χ4v) is 3.77. The number of amides is 1. The van der Waals surface area contributed by atoms with Gasteiger partial charge in [-0.1, -0.05) is 65.8 Å². The van der Waals surface area contributed by atoms with Crippen molar-refractivity contribution in [3.05, 3.63) is 90.1 Å². The van der Waals surface area contributed by atoms with E-state index in [0.717, 1.165) is 16.3 Å². The maximum absolute atomic E-state index is 12.9. The molecule has 1 atom stereocenters. The molecule has 164 valence electrons. The van der Waals surface area contributed by atoms with Crippen LogP contribution in [0.2, 0.25) is 0 Å². The second kappa shape index (κ2) is 8.91. The number of aromatic hydroxyl groups is 1. The molecule has 5 rings (SSSR count). The number of aromatic amines is 1. The van der Waals surface area contributed by atoms with E-state index in [2.05, 4.69) is 30.6 Å². The van der Waals surface area contributed by atoms with Crippen LogP contribution in [0.3, 0.4) is 0 Å².